The number of aromatic nitrogens is 1. The zero-order valence-corrected chi connectivity index (χ0v) is 23.9. The molecule has 2 bridgehead atoms. The summed E-state index contributed by atoms with van der Waals surface area (Å²) in [4.78, 5) is 18.9. The molecule has 2 saturated carbocycles. The first-order valence-electron chi connectivity index (χ1n) is 13.8. The first-order valence-corrected chi connectivity index (χ1v) is 14.5. The standard InChI is InChI=1S/C31H35Cl2N3O.ClH/c32-27-9-5-20(17-28(27)33)6-10-30(37)35-31-23-7-8-24(31)16-21(15-23)19-36-13-11-22(12-14-36)26-18-34-29-4-2-1-3-25(26)29;/h1-6,9-10,17-18,21-24,31,34H,7-8,11-16,19H2,(H,35,37);1H/b10-6+;/t21?,23-,24+,31?;. The fourth-order valence-electron chi connectivity index (χ4n) is 7.26. The van der Waals surface area contributed by atoms with Crippen molar-refractivity contribution in [3.8, 4) is 0 Å². The zero-order chi connectivity index (χ0) is 25.4. The lowest BCUT2D eigenvalue weighted by Crippen LogP contribution is -2.46. The second-order valence-electron chi connectivity index (χ2n) is 11.3. The number of nitrogens with one attached hydrogen (secondary N) is 2. The van der Waals surface area contributed by atoms with E-state index in [0.717, 1.165) is 11.5 Å². The fourth-order valence-corrected chi connectivity index (χ4v) is 7.57. The summed E-state index contributed by atoms with van der Waals surface area (Å²) in [6.45, 7) is 3.59. The van der Waals surface area contributed by atoms with Gasteiger partial charge in [-0.15, -0.1) is 12.4 Å². The van der Waals surface area contributed by atoms with E-state index in [-0.39, 0.29) is 18.3 Å². The molecule has 1 aliphatic heterocycles. The highest BCUT2D eigenvalue weighted by atomic mass is 35.5. The maximum atomic E-state index is 12.7. The summed E-state index contributed by atoms with van der Waals surface area (Å²) in [5.41, 5.74) is 3.63. The summed E-state index contributed by atoms with van der Waals surface area (Å²) in [6.07, 6.45) is 13.1. The fraction of sp³-hybridized carbons (Fsp3) is 0.452. The second kappa shape index (κ2) is 12.0. The molecule has 4 nitrogen and oxygen atoms in total. The molecule has 202 valence electrons. The van der Waals surface area contributed by atoms with E-state index >= 15 is 0 Å². The summed E-state index contributed by atoms with van der Waals surface area (Å²) >= 11 is 12.1. The third-order valence-electron chi connectivity index (χ3n) is 9.04. The number of benzene rings is 2. The zero-order valence-electron chi connectivity index (χ0n) is 21.5. The molecular formula is C31H36Cl3N3O. The van der Waals surface area contributed by atoms with Gasteiger partial charge in [-0.2, -0.15) is 0 Å². The van der Waals surface area contributed by atoms with E-state index in [1.807, 2.05) is 12.1 Å². The number of amides is 1. The summed E-state index contributed by atoms with van der Waals surface area (Å²) < 4.78 is 0. The molecule has 2 N–H and O–H groups in total. The van der Waals surface area contributed by atoms with Gasteiger partial charge in [0.1, 0.15) is 0 Å². The molecule has 3 aliphatic rings. The van der Waals surface area contributed by atoms with Crippen molar-refractivity contribution in [1.82, 2.24) is 15.2 Å². The number of para-hydroxylation sites is 1. The summed E-state index contributed by atoms with van der Waals surface area (Å²) in [6, 6.07) is 14.4. The van der Waals surface area contributed by atoms with Crippen LogP contribution >= 0.6 is 35.6 Å². The van der Waals surface area contributed by atoms with Gasteiger partial charge in [0.15, 0.2) is 0 Å². The van der Waals surface area contributed by atoms with Crippen LogP contribution in [0, 0.1) is 17.8 Å². The average Bonchev–Trinajstić information content (AvgIpc) is 3.43. The first kappa shape index (κ1) is 27.6. The number of halogens is 3. The normalized spacial score (nSPS) is 26.1. The Labute approximate surface area is 241 Å². The second-order valence-corrected chi connectivity index (χ2v) is 12.2. The molecule has 1 amide bonds. The Morgan fingerprint density at radius 2 is 1.74 bits per heavy atom. The van der Waals surface area contributed by atoms with Crippen molar-refractivity contribution in [2.75, 3.05) is 19.6 Å². The van der Waals surface area contributed by atoms with Gasteiger partial charge in [-0.1, -0.05) is 47.5 Å². The molecule has 0 spiro atoms. The smallest absolute Gasteiger partial charge is 0.244 e. The highest BCUT2D eigenvalue weighted by Gasteiger charge is 2.43. The van der Waals surface area contributed by atoms with E-state index in [2.05, 4.69) is 45.7 Å². The predicted octanol–water partition coefficient (Wildman–Crippen LogP) is 7.71. The van der Waals surface area contributed by atoms with E-state index in [0.29, 0.717) is 33.8 Å². The van der Waals surface area contributed by atoms with Gasteiger partial charge in [0.2, 0.25) is 5.91 Å². The minimum absolute atomic E-state index is 0. The number of carbonyl (C=O) groups excluding carboxylic acids is 1. The van der Waals surface area contributed by atoms with Crippen LogP contribution in [0.5, 0.6) is 0 Å². The number of rotatable bonds is 6. The van der Waals surface area contributed by atoms with Gasteiger partial charge in [0.05, 0.1) is 10.0 Å². The molecular weight excluding hydrogens is 537 g/mol. The van der Waals surface area contributed by atoms with Crippen molar-refractivity contribution in [3.05, 3.63) is 75.9 Å². The maximum Gasteiger partial charge on any atom is 0.244 e. The highest BCUT2D eigenvalue weighted by molar-refractivity contribution is 6.42. The Kier molecular flexibility index (Phi) is 8.74. The van der Waals surface area contributed by atoms with Gasteiger partial charge < -0.3 is 15.2 Å². The molecule has 3 aromatic rings. The maximum absolute atomic E-state index is 12.7. The van der Waals surface area contributed by atoms with Gasteiger partial charge in [-0.05, 0) is 111 Å². The third-order valence-corrected chi connectivity index (χ3v) is 9.78. The molecule has 2 aromatic carbocycles. The van der Waals surface area contributed by atoms with Crippen molar-refractivity contribution >= 4 is 58.5 Å². The van der Waals surface area contributed by atoms with E-state index in [1.54, 1.807) is 18.2 Å². The monoisotopic (exact) mass is 571 g/mol. The number of fused-ring (bicyclic) bond motifs is 3. The lowest BCUT2D eigenvalue weighted by atomic mass is 9.76. The summed E-state index contributed by atoms with van der Waals surface area (Å²) in [5.74, 6) is 2.61. The Morgan fingerprint density at radius 3 is 2.47 bits per heavy atom. The number of aromatic amines is 1. The van der Waals surface area contributed by atoms with Crippen LogP contribution in [-0.2, 0) is 4.79 Å². The van der Waals surface area contributed by atoms with Crippen molar-refractivity contribution in [1.29, 1.82) is 0 Å². The average molecular weight is 573 g/mol. The molecule has 2 heterocycles. The number of nitrogens with zero attached hydrogens (tertiary/aromatic N) is 1. The first-order chi connectivity index (χ1) is 18.0. The lowest BCUT2D eigenvalue weighted by molar-refractivity contribution is -0.118. The molecule has 38 heavy (non-hydrogen) atoms. The quantitative estimate of drug-likeness (QED) is 0.297. The Morgan fingerprint density at radius 1 is 1.00 bits per heavy atom. The van der Waals surface area contributed by atoms with Crippen LogP contribution in [0.3, 0.4) is 0 Å². The summed E-state index contributed by atoms with van der Waals surface area (Å²) in [5, 5.41) is 5.76. The minimum atomic E-state index is -0.00854. The lowest BCUT2D eigenvalue weighted by Gasteiger charge is -2.39. The van der Waals surface area contributed by atoms with Gasteiger partial charge in [0.25, 0.3) is 0 Å². The topological polar surface area (TPSA) is 48.1 Å². The number of carbonyl (C=O) groups is 1. The Hall–Kier alpha value is -1.98. The number of likely N-dealkylation sites (tertiary alicyclic amines) is 1. The SMILES string of the molecule is Cl.O=C(/C=C/c1ccc(Cl)c(Cl)c1)NC1[C@@H]2CC[C@H]1CC(CN1CCC(c3c[nH]c4ccccc34)CC1)C2. The van der Waals surface area contributed by atoms with Crippen LogP contribution in [0.25, 0.3) is 17.0 Å². The van der Waals surface area contributed by atoms with Crippen LogP contribution in [0.2, 0.25) is 10.0 Å². The van der Waals surface area contributed by atoms with E-state index in [9.17, 15) is 4.79 Å². The molecule has 4 atom stereocenters. The van der Waals surface area contributed by atoms with Crippen LogP contribution in [-0.4, -0.2) is 41.5 Å². The van der Waals surface area contributed by atoms with Crippen LogP contribution < -0.4 is 5.32 Å². The van der Waals surface area contributed by atoms with Crippen LogP contribution in [0.15, 0.2) is 54.7 Å². The van der Waals surface area contributed by atoms with E-state index in [1.165, 1.54) is 74.6 Å². The van der Waals surface area contributed by atoms with Crippen molar-refractivity contribution < 1.29 is 4.79 Å². The molecule has 2 unspecified atom stereocenters. The third kappa shape index (κ3) is 5.94. The van der Waals surface area contributed by atoms with Crippen molar-refractivity contribution in [2.45, 2.75) is 50.5 Å². The molecule has 0 radical (unpaired) electrons. The molecule has 2 aliphatic carbocycles. The molecule has 7 heteroatoms. The predicted molar refractivity (Wildman–Crippen MR) is 160 cm³/mol. The Balaban J connectivity index is 0.00000294. The molecule has 3 fully saturated rings. The van der Waals surface area contributed by atoms with Gasteiger partial charge in [-0.3, -0.25) is 4.79 Å². The number of H-pyrrole nitrogens is 1. The largest absolute Gasteiger partial charge is 0.361 e. The minimum Gasteiger partial charge on any atom is -0.361 e. The molecule has 6 rings (SSSR count). The van der Waals surface area contributed by atoms with Crippen molar-refractivity contribution in [2.24, 2.45) is 17.8 Å². The number of piperidine rings is 1. The Bertz CT molecular complexity index is 1280. The van der Waals surface area contributed by atoms with Gasteiger partial charge >= 0.3 is 0 Å². The number of hydrogen-bond donors (Lipinski definition) is 2. The van der Waals surface area contributed by atoms with Crippen LogP contribution in [0.1, 0.15) is 55.6 Å². The van der Waals surface area contributed by atoms with Crippen LogP contribution in [0.4, 0.5) is 0 Å². The highest BCUT2D eigenvalue weighted by Crippen LogP contribution is 2.45. The molecule has 1 saturated heterocycles. The van der Waals surface area contributed by atoms with Gasteiger partial charge in [0, 0.05) is 35.8 Å². The van der Waals surface area contributed by atoms with E-state index in [4.69, 9.17) is 23.2 Å². The number of hydrogen-bond acceptors (Lipinski definition) is 2. The van der Waals surface area contributed by atoms with Crippen molar-refractivity contribution in [3.63, 3.8) is 0 Å². The van der Waals surface area contributed by atoms with E-state index < -0.39 is 0 Å². The molecule has 1 aromatic heterocycles. The van der Waals surface area contributed by atoms with Gasteiger partial charge in [-0.25, -0.2) is 0 Å². The summed E-state index contributed by atoms with van der Waals surface area (Å²) in [7, 11) is 0.